The zero-order chi connectivity index (χ0) is 13.4. The van der Waals surface area contributed by atoms with Crippen LogP contribution in [-0.2, 0) is 0 Å². The summed E-state index contributed by atoms with van der Waals surface area (Å²) in [5, 5.41) is 5.56. The normalized spacial score (nSPS) is 23.7. The Morgan fingerprint density at radius 3 is 2.32 bits per heavy atom. The first-order valence-electron chi connectivity index (χ1n) is 6.79. The maximum atomic E-state index is 6.30. The molecule has 2 aliphatic rings. The number of benzene rings is 1. The van der Waals surface area contributed by atoms with E-state index in [-0.39, 0.29) is 0 Å². The molecule has 0 aromatic heterocycles. The van der Waals surface area contributed by atoms with Crippen molar-refractivity contribution in [2.24, 2.45) is 0 Å². The number of nitrogens with zero attached hydrogens (tertiary/aromatic N) is 1. The molecule has 1 N–H and O–H groups in total. The lowest BCUT2D eigenvalue weighted by molar-refractivity contribution is 0.420. The third-order valence-electron chi connectivity index (χ3n) is 3.77. The van der Waals surface area contributed by atoms with Crippen molar-refractivity contribution in [2.75, 3.05) is 18.0 Å². The maximum absolute atomic E-state index is 6.30. The minimum Gasteiger partial charge on any atom is -0.368 e. The fourth-order valence-corrected chi connectivity index (χ4v) is 3.79. The average molecular weight is 320 g/mol. The van der Waals surface area contributed by atoms with E-state index >= 15 is 0 Å². The minimum atomic E-state index is 0.545. The molecule has 0 amide bonds. The highest BCUT2D eigenvalue weighted by Crippen LogP contribution is 2.38. The van der Waals surface area contributed by atoms with E-state index in [1.54, 1.807) is 12.1 Å². The van der Waals surface area contributed by atoms with Gasteiger partial charge in [0.1, 0.15) is 0 Å². The van der Waals surface area contributed by atoms with Gasteiger partial charge in [-0.05, 0) is 37.8 Å². The second-order valence-electron chi connectivity index (χ2n) is 5.44. The largest absolute Gasteiger partial charge is 0.368 e. The van der Waals surface area contributed by atoms with E-state index in [1.165, 1.54) is 25.7 Å². The Balaban J connectivity index is 1.77. The van der Waals surface area contributed by atoms with Crippen LogP contribution in [0.4, 0.5) is 5.69 Å². The monoisotopic (exact) mass is 318 g/mol. The molecule has 1 unspecified atom stereocenters. The van der Waals surface area contributed by atoms with Crippen molar-refractivity contribution in [3.05, 3.63) is 27.2 Å². The molecule has 1 aliphatic carbocycles. The molecule has 1 saturated heterocycles. The highest BCUT2D eigenvalue weighted by molar-refractivity contribution is 6.41. The number of piperidine rings is 1. The zero-order valence-electron chi connectivity index (χ0n) is 10.6. The van der Waals surface area contributed by atoms with Crippen LogP contribution in [0.15, 0.2) is 12.1 Å². The van der Waals surface area contributed by atoms with E-state index in [2.05, 4.69) is 10.2 Å². The molecule has 2 nitrogen and oxygen atoms in total. The fraction of sp³-hybridized carbons (Fsp3) is 0.571. The van der Waals surface area contributed by atoms with Crippen LogP contribution in [0.3, 0.4) is 0 Å². The van der Waals surface area contributed by atoms with E-state index in [1.807, 2.05) is 0 Å². The van der Waals surface area contributed by atoms with Crippen LogP contribution in [0, 0.1) is 0 Å². The SMILES string of the molecule is Clc1cc(Cl)c(N2CCCC(NC3CC3)C2)c(Cl)c1. The standard InChI is InChI=1S/C14H17Cl3N2/c15-9-6-12(16)14(13(17)7-9)19-5-1-2-11(8-19)18-10-3-4-10/h6-7,10-11,18H,1-5,8H2. The van der Waals surface area contributed by atoms with Crippen molar-refractivity contribution >= 4 is 40.5 Å². The Bertz CT molecular complexity index is 451. The van der Waals surface area contributed by atoms with Crippen molar-refractivity contribution in [2.45, 2.75) is 37.8 Å². The molecule has 1 aromatic rings. The molecule has 104 valence electrons. The first-order valence-corrected chi connectivity index (χ1v) is 7.92. The second-order valence-corrected chi connectivity index (χ2v) is 6.69. The molecular weight excluding hydrogens is 303 g/mol. The molecule has 0 radical (unpaired) electrons. The molecule has 0 spiro atoms. The summed E-state index contributed by atoms with van der Waals surface area (Å²) in [6, 6.07) is 4.81. The summed E-state index contributed by atoms with van der Waals surface area (Å²) in [6.45, 7) is 1.97. The first kappa shape index (κ1) is 13.8. The van der Waals surface area contributed by atoms with Crippen molar-refractivity contribution in [3.63, 3.8) is 0 Å². The molecule has 1 heterocycles. The van der Waals surface area contributed by atoms with Crippen molar-refractivity contribution in [1.82, 2.24) is 5.32 Å². The lowest BCUT2D eigenvalue weighted by Crippen LogP contribution is -2.46. The summed E-state index contributed by atoms with van der Waals surface area (Å²) in [6.07, 6.45) is 5.04. The summed E-state index contributed by atoms with van der Waals surface area (Å²) in [4.78, 5) is 2.28. The smallest absolute Gasteiger partial charge is 0.0746 e. The molecule has 1 atom stereocenters. The van der Waals surface area contributed by atoms with Gasteiger partial charge in [0.05, 0.1) is 15.7 Å². The first-order chi connectivity index (χ1) is 9.13. The van der Waals surface area contributed by atoms with Crippen molar-refractivity contribution in [3.8, 4) is 0 Å². The Labute approximate surface area is 129 Å². The van der Waals surface area contributed by atoms with Gasteiger partial charge in [0.25, 0.3) is 0 Å². The average Bonchev–Trinajstić information content (AvgIpc) is 3.12. The van der Waals surface area contributed by atoms with Crippen LogP contribution in [0.25, 0.3) is 0 Å². The van der Waals surface area contributed by atoms with Gasteiger partial charge in [-0.15, -0.1) is 0 Å². The lowest BCUT2D eigenvalue weighted by atomic mass is 10.0. The molecule has 5 heteroatoms. The molecule has 2 fully saturated rings. The molecule has 3 rings (SSSR count). The van der Waals surface area contributed by atoms with Gasteiger partial charge in [-0.25, -0.2) is 0 Å². The van der Waals surface area contributed by atoms with Gasteiger partial charge in [-0.1, -0.05) is 34.8 Å². The molecular formula is C14H17Cl3N2. The van der Waals surface area contributed by atoms with Crippen molar-refractivity contribution in [1.29, 1.82) is 0 Å². The number of halogens is 3. The Hall–Kier alpha value is -0.150. The number of hydrogen-bond donors (Lipinski definition) is 1. The van der Waals surface area contributed by atoms with E-state index in [0.29, 0.717) is 21.1 Å². The number of hydrogen-bond acceptors (Lipinski definition) is 2. The van der Waals surface area contributed by atoms with Crippen LogP contribution >= 0.6 is 34.8 Å². The fourth-order valence-electron chi connectivity index (χ4n) is 2.74. The topological polar surface area (TPSA) is 15.3 Å². The van der Waals surface area contributed by atoms with Crippen LogP contribution in [0.2, 0.25) is 15.1 Å². The molecule has 1 aromatic carbocycles. The highest BCUT2D eigenvalue weighted by Gasteiger charge is 2.28. The number of nitrogens with one attached hydrogen (secondary N) is 1. The minimum absolute atomic E-state index is 0.545. The van der Waals surface area contributed by atoms with Gasteiger partial charge < -0.3 is 10.2 Å². The van der Waals surface area contributed by atoms with E-state index < -0.39 is 0 Å². The van der Waals surface area contributed by atoms with Gasteiger partial charge in [0, 0.05) is 30.2 Å². The Morgan fingerprint density at radius 1 is 1.00 bits per heavy atom. The summed E-state index contributed by atoms with van der Waals surface area (Å²) in [5.41, 5.74) is 0.926. The van der Waals surface area contributed by atoms with Crippen LogP contribution in [0.1, 0.15) is 25.7 Å². The highest BCUT2D eigenvalue weighted by atomic mass is 35.5. The number of rotatable bonds is 3. The van der Waals surface area contributed by atoms with E-state index in [0.717, 1.165) is 24.8 Å². The molecule has 0 bridgehead atoms. The molecule has 19 heavy (non-hydrogen) atoms. The van der Waals surface area contributed by atoms with Crippen LogP contribution in [0.5, 0.6) is 0 Å². The molecule has 1 saturated carbocycles. The summed E-state index contributed by atoms with van der Waals surface area (Å²) >= 11 is 18.6. The maximum Gasteiger partial charge on any atom is 0.0746 e. The van der Waals surface area contributed by atoms with Crippen LogP contribution < -0.4 is 10.2 Å². The molecule has 1 aliphatic heterocycles. The van der Waals surface area contributed by atoms with Gasteiger partial charge in [-0.2, -0.15) is 0 Å². The third-order valence-corrected chi connectivity index (χ3v) is 4.56. The van der Waals surface area contributed by atoms with Gasteiger partial charge in [0.15, 0.2) is 0 Å². The van der Waals surface area contributed by atoms with Crippen LogP contribution in [-0.4, -0.2) is 25.2 Å². The predicted molar refractivity (Wildman–Crippen MR) is 82.9 cm³/mol. The van der Waals surface area contributed by atoms with Gasteiger partial charge in [0.2, 0.25) is 0 Å². The zero-order valence-corrected chi connectivity index (χ0v) is 12.9. The second kappa shape index (κ2) is 5.69. The Kier molecular flexibility index (Phi) is 4.14. The lowest BCUT2D eigenvalue weighted by Gasteiger charge is -2.36. The predicted octanol–water partition coefficient (Wildman–Crippen LogP) is 4.37. The summed E-state index contributed by atoms with van der Waals surface area (Å²) < 4.78 is 0. The van der Waals surface area contributed by atoms with Gasteiger partial charge >= 0.3 is 0 Å². The third kappa shape index (κ3) is 3.30. The Morgan fingerprint density at radius 2 is 1.68 bits per heavy atom. The van der Waals surface area contributed by atoms with Gasteiger partial charge in [-0.3, -0.25) is 0 Å². The summed E-state index contributed by atoms with van der Waals surface area (Å²) in [7, 11) is 0. The van der Waals surface area contributed by atoms with E-state index in [9.17, 15) is 0 Å². The van der Waals surface area contributed by atoms with Crippen molar-refractivity contribution < 1.29 is 0 Å². The summed E-state index contributed by atoms with van der Waals surface area (Å²) in [5.74, 6) is 0. The number of anilines is 1. The quantitative estimate of drug-likeness (QED) is 0.890. The van der Waals surface area contributed by atoms with E-state index in [4.69, 9.17) is 34.8 Å².